The average Bonchev–Trinajstić information content (AvgIpc) is 2.87. The van der Waals surface area contributed by atoms with Crippen LogP contribution >= 0.6 is 0 Å². The molecule has 2 atom stereocenters. The molecule has 1 aliphatic heterocycles. The van der Waals surface area contributed by atoms with Crippen molar-refractivity contribution in [1.29, 1.82) is 0 Å². The van der Waals surface area contributed by atoms with Crippen LogP contribution in [-0.2, 0) is 25.5 Å². The monoisotopic (exact) mass is 367 g/mol. The highest BCUT2D eigenvalue weighted by Gasteiger charge is 2.57. The Balaban J connectivity index is 2.12. The lowest BCUT2D eigenvalue weighted by Crippen LogP contribution is -2.53. The van der Waals surface area contributed by atoms with Gasteiger partial charge in [-0.25, -0.2) is 4.79 Å². The maximum Gasteiger partial charge on any atom is 0.338 e. The molecule has 142 valence electrons. The molecule has 1 aromatic carbocycles. The van der Waals surface area contributed by atoms with Crippen molar-refractivity contribution in [2.24, 2.45) is 0 Å². The smallest absolute Gasteiger partial charge is 0.338 e. The number of ether oxygens (including phenoxy) is 3. The number of likely N-dealkylation sites (tertiary alicyclic amines) is 1. The van der Waals surface area contributed by atoms with Crippen LogP contribution in [0.3, 0.4) is 0 Å². The summed E-state index contributed by atoms with van der Waals surface area (Å²) in [6.07, 6.45) is -2.52. The highest BCUT2D eigenvalue weighted by molar-refractivity contribution is 6.09. The lowest BCUT2D eigenvalue weighted by molar-refractivity contribution is -0.173. The van der Waals surface area contributed by atoms with Crippen molar-refractivity contribution in [1.82, 2.24) is 4.90 Å². The van der Waals surface area contributed by atoms with Gasteiger partial charge in [0, 0.05) is 6.54 Å². The number of aliphatic hydroxyl groups excluding tert-OH is 1. The molecule has 0 spiro atoms. The lowest BCUT2D eigenvalue weighted by atomic mass is 9.95. The summed E-state index contributed by atoms with van der Waals surface area (Å²) >= 11 is 0. The second-order valence-electron chi connectivity index (χ2n) is 5.82. The van der Waals surface area contributed by atoms with Crippen LogP contribution in [0.25, 0.3) is 0 Å². The Kier molecular flexibility index (Phi) is 5.83. The number of carbonyl (C=O) groups is 3. The fraction of sp³-hybridized carbons (Fsp3) is 0.471. The molecule has 1 aromatic rings. The molecule has 2 amide bonds. The molecule has 1 saturated heterocycles. The number of hydrogen-bond acceptors (Lipinski definition) is 8. The minimum absolute atomic E-state index is 0.0245. The number of aliphatic hydroxyl groups is 2. The molecular formula is C17H21NO8. The predicted molar refractivity (Wildman–Crippen MR) is 87.6 cm³/mol. The van der Waals surface area contributed by atoms with Gasteiger partial charge in [0.25, 0.3) is 5.91 Å². The second-order valence-corrected chi connectivity index (χ2v) is 5.82. The van der Waals surface area contributed by atoms with Gasteiger partial charge in [-0.05, 0) is 24.1 Å². The zero-order chi connectivity index (χ0) is 19.5. The fourth-order valence-electron chi connectivity index (χ4n) is 2.77. The first-order chi connectivity index (χ1) is 12.3. The van der Waals surface area contributed by atoms with Gasteiger partial charge in [-0.2, -0.15) is 0 Å². The Hall–Kier alpha value is -2.65. The van der Waals surface area contributed by atoms with E-state index in [1.807, 2.05) is 0 Å². The Bertz CT molecular complexity index is 719. The molecule has 26 heavy (non-hydrogen) atoms. The van der Waals surface area contributed by atoms with E-state index in [0.717, 1.165) is 17.6 Å². The van der Waals surface area contributed by atoms with Gasteiger partial charge < -0.3 is 24.4 Å². The van der Waals surface area contributed by atoms with Crippen molar-refractivity contribution >= 4 is 17.8 Å². The van der Waals surface area contributed by atoms with Gasteiger partial charge in [-0.1, -0.05) is 6.07 Å². The first-order valence-corrected chi connectivity index (χ1v) is 7.82. The number of benzene rings is 1. The molecule has 1 aliphatic rings. The Morgan fingerprint density at radius 3 is 2.46 bits per heavy atom. The number of methoxy groups -OCH3 is 3. The van der Waals surface area contributed by atoms with Crippen LogP contribution < -0.4 is 9.47 Å². The van der Waals surface area contributed by atoms with Crippen molar-refractivity contribution in [3.63, 3.8) is 0 Å². The highest BCUT2D eigenvalue weighted by atomic mass is 16.5. The molecule has 0 radical (unpaired) electrons. The number of hydrogen-bond donors (Lipinski definition) is 2. The number of rotatable bonds is 7. The van der Waals surface area contributed by atoms with Crippen molar-refractivity contribution in [2.75, 3.05) is 27.9 Å². The van der Waals surface area contributed by atoms with E-state index in [-0.39, 0.29) is 6.54 Å². The number of nitrogens with zero attached hydrogens (tertiary/aromatic N) is 1. The Morgan fingerprint density at radius 2 is 1.88 bits per heavy atom. The number of esters is 1. The van der Waals surface area contributed by atoms with Gasteiger partial charge in [-0.3, -0.25) is 14.5 Å². The van der Waals surface area contributed by atoms with Crippen LogP contribution in [0.4, 0.5) is 0 Å². The van der Waals surface area contributed by atoms with Gasteiger partial charge in [0.1, 0.15) is 0 Å². The molecule has 1 heterocycles. The predicted octanol–water partition coefficient (Wildman–Crippen LogP) is -0.730. The van der Waals surface area contributed by atoms with Gasteiger partial charge in [-0.15, -0.1) is 0 Å². The van der Waals surface area contributed by atoms with Gasteiger partial charge in [0.05, 0.1) is 27.8 Å². The van der Waals surface area contributed by atoms with Crippen LogP contribution in [-0.4, -0.2) is 72.5 Å². The summed E-state index contributed by atoms with van der Waals surface area (Å²) < 4.78 is 14.7. The summed E-state index contributed by atoms with van der Waals surface area (Å²) in [5.41, 5.74) is -1.74. The molecular weight excluding hydrogens is 346 g/mol. The van der Waals surface area contributed by atoms with Crippen LogP contribution in [0.15, 0.2) is 18.2 Å². The van der Waals surface area contributed by atoms with Gasteiger partial charge in [0.15, 0.2) is 23.2 Å². The van der Waals surface area contributed by atoms with Gasteiger partial charge in [0.2, 0.25) is 5.91 Å². The summed E-state index contributed by atoms with van der Waals surface area (Å²) in [6, 6.07) is 5.15. The van der Waals surface area contributed by atoms with Crippen molar-refractivity contribution in [2.45, 2.75) is 24.5 Å². The SMILES string of the molecule is COC(=O)[C@@H](O)[C@]1(O)CC(=O)N(CCc2ccc(OC)c(OC)c2)C1=O. The number of carbonyl (C=O) groups excluding carboxylic acids is 3. The third-order valence-corrected chi connectivity index (χ3v) is 4.29. The Morgan fingerprint density at radius 1 is 1.23 bits per heavy atom. The maximum atomic E-state index is 12.4. The first-order valence-electron chi connectivity index (χ1n) is 7.82. The molecule has 1 fully saturated rings. The van der Waals surface area contributed by atoms with Crippen LogP contribution in [0.2, 0.25) is 0 Å². The zero-order valence-electron chi connectivity index (χ0n) is 14.7. The normalized spacial score (nSPS) is 20.9. The first kappa shape index (κ1) is 19.7. The summed E-state index contributed by atoms with van der Waals surface area (Å²) in [5, 5.41) is 20.2. The van der Waals surface area contributed by atoms with E-state index in [1.165, 1.54) is 14.2 Å². The van der Waals surface area contributed by atoms with E-state index in [4.69, 9.17) is 9.47 Å². The second kappa shape index (κ2) is 7.71. The quantitative estimate of drug-likeness (QED) is 0.478. The molecule has 0 unspecified atom stereocenters. The minimum Gasteiger partial charge on any atom is -0.493 e. The third kappa shape index (κ3) is 3.49. The fourth-order valence-corrected chi connectivity index (χ4v) is 2.77. The summed E-state index contributed by atoms with van der Waals surface area (Å²) in [7, 11) is 4.00. The molecule has 2 rings (SSSR count). The van der Waals surface area contributed by atoms with E-state index in [2.05, 4.69) is 4.74 Å². The van der Waals surface area contributed by atoms with Crippen LogP contribution in [0.5, 0.6) is 11.5 Å². The van der Waals surface area contributed by atoms with Crippen LogP contribution in [0, 0.1) is 0 Å². The van der Waals surface area contributed by atoms with Crippen molar-refractivity contribution in [3.05, 3.63) is 23.8 Å². The summed E-state index contributed by atoms with van der Waals surface area (Å²) in [5.74, 6) is -1.85. The molecule has 0 aliphatic carbocycles. The molecule has 0 bridgehead atoms. The third-order valence-electron chi connectivity index (χ3n) is 4.29. The van der Waals surface area contributed by atoms with E-state index < -0.39 is 35.9 Å². The van der Waals surface area contributed by atoms with E-state index in [0.29, 0.717) is 17.9 Å². The molecule has 0 aromatic heterocycles. The van der Waals surface area contributed by atoms with E-state index in [1.54, 1.807) is 18.2 Å². The molecule has 2 N–H and O–H groups in total. The van der Waals surface area contributed by atoms with Crippen LogP contribution in [0.1, 0.15) is 12.0 Å². The standard InChI is InChI=1S/C17H21NO8/c1-24-11-5-4-10(8-12(11)25-2)6-7-18-13(19)9-17(23,16(18)22)14(20)15(21)26-3/h4-5,8,14,20,23H,6-7,9H2,1-3H3/t14-,17-/m1/s1. The Labute approximate surface area is 150 Å². The highest BCUT2D eigenvalue weighted by Crippen LogP contribution is 2.30. The van der Waals surface area contributed by atoms with E-state index >= 15 is 0 Å². The zero-order valence-corrected chi connectivity index (χ0v) is 14.7. The molecule has 9 nitrogen and oxygen atoms in total. The molecule has 0 saturated carbocycles. The maximum absolute atomic E-state index is 12.4. The number of imide groups is 1. The molecule has 9 heteroatoms. The average molecular weight is 367 g/mol. The largest absolute Gasteiger partial charge is 0.493 e. The lowest BCUT2D eigenvalue weighted by Gasteiger charge is -2.24. The van der Waals surface area contributed by atoms with E-state index in [9.17, 15) is 24.6 Å². The topological polar surface area (TPSA) is 123 Å². The summed E-state index contributed by atoms with van der Waals surface area (Å²) in [4.78, 5) is 36.7. The van der Waals surface area contributed by atoms with Crippen molar-refractivity contribution in [3.8, 4) is 11.5 Å². The van der Waals surface area contributed by atoms with Crippen molar-refractivity contribution < 1.29 is 38.8 Å². The van der Waals surface area contributed by atoms with Gasteiger partial charge >= 0.3 is 5.97 Å². The summed E-state index contributed by atoms with van der Waals surface area (Å²) in [6.45, 7) is -0.0245. The number of amides is 2. The minimum atomic E-state index is -2.51.